The number of nitrogens with one attached hydrogen (secondary N) is 1. The highest BCUT2D eigenvalue weighted by Crippen LogP contribution is 2.29. The summed E-state index contributed by atoms with van der Waals surface area (Å²) >= 11 is 2.75. The number of anilines is 1. The lowest BCUT2D eigenvalue weighted by Crippen LogP contribution is -2.22. The molecular formula is C24H23N5O2S2. The number of ether oxygens (including phenoxy) is 1. The minimum absolute atomic E-state index is 0.145. The molecule has 0 aliphatic heterocycles. The highest BCUT2D eigenvalue weighted by atomic mass is 32.2. The van der Waals surface area contributed by atoms with Crippen LogP contribution in [0.2, 0.25) is 0 Å². The number of hydrogen-bond donors (Lipinski definition) is 1. The lowest BCUT2D eigenvalue weighted by molar-refractivity contribution is -0.115. The van der Waals surface area contributed by atoms with Crippen LogP contribution in [0.25, 0.3) is 22.6 Å². The molecule has 0 fully saturated rings. The van der Waals surface area contributed by atoms with Crippen LogP contribution in [0.4, 0.5) is 5.13 Å². The first-order chi connectivity index (χ1) is 16.1. The van der Waals surface area contributed by atoms with E-state index in [-0.39, 0.29) is 5.91 Å². The lowest BCUT2D eigenvalue weighted by atomic mass is 10.2. The van der Waals surface area contributed by atoms with Crippen LogP contribution in [0.5, 0.6) is 5.75 Å². The third-order valence-electron chi connectivity index (χ3n) is 4.83. The zero-order chi connectivity index (χ0) is 23.2. The van der Waals surface area contributed by atoms with Crippen LogP contribution in [0.15, 0.2) is 77.8 Å². The van der Waals surface area contributed by atoms with Crippen molar-refractivity contribution in [3.8, 4) is 28.4 Å². The highest BCUT2D eigenvalue weighted by molar-refractivity contribution is 8.00. The molecule has 4 rings (SSSR count). The van der Waals surface area contributed by atoms with Crippen LogP contribution in [0.1, 0.15) is 6.92 Å². The Morgan fingerprint density at radius 2 is 1.94 bits per heavy atom. The number of thioether (sulfide) groups is 1. The van der Waals surface area contributed by atoms with Gasteiger partial charge in [0.25, 0.3) is 0 Å². The second-order valence-corrected chi connectivity index (χ2v) is 9.25. The SMILES string of the molecule is C=CCn1c(SC(C)C(=O)Nc2nc(-c3ccccc3)cs2)nnc1-c1ccc(OC)cc1. The van der Waals surface area contributed by atoms with Gasteiger partial charge in [0, 0.05) is 23.1 Å². The number of hydrogen-bond acceptors (Lipinski definition) is 7. The minimum atomic E-state index is -0.398. The van der Waals surface area contributed by atoms with E-state index in [4.69, 9.17) is 4.74 Å². The van der Waals surface area contributed by atoms with Crippen molar-refractivity contribution in [2.75, 3.05) is 12.4 Å². The van der Waals surface area contributed by atoms with Crippen molar-refractivity contribution in [2.24, 2.45) is 0 Å². The fourth-order valence-electron chi connectivity index (χ4n) is 3.11. The summed E-state index contributed by atoms with van der Waals surface area (Å²) in [4.78, 5) is 17.4. The predicted molar refractivity (Wildman–Crippen MR) is 134 cm³/mol. The summed E-state index contributed by atoms with van der Waals surface area (Å²) in [6.07, 6.45) is 1.78. The van der Waals surface area contributed by atoms with E-state index in [1.54, 1.807) is 13.2 Å². The average Bonchev–Trinajstić information content (AvgIpc) is 3.47. The molecule has 7 nitrogen and oxygen atoms in total. The molecule has 1 N–H and O–H groups in total. The van der Waals surface area contributed by atoms with Crippen LogP contribution >= 0.6 is 23.1 Å². The fraction of sp³-hybridized carbons (Fsp3) is 0.167. The third-order valence-corrected chi connectivity index (χ3v) is 6.67. The molecule has 2 aromatic carbocycles. The minimum Gasteiger partial charge on any atom is -0.497 e. The summed E-state index contributed by atoms with van der Waals surface area (Å²) in [5.41, 5.74) is 2.76. The van der Waals surface area contributed by atoms with Gasteiger partial charge in [0.15, 0.2) is 16.1 Å². The first-order valence-electron chi connectivity index (χ1n) is 10.3. The van der Waals surface area contributed by atoms with Gasteiger partial charge in [-0.1, -0.05) is 48.2 Å². The van der Waals surface area contributed by atoms with E-state index in [9.17, 15) is 4.79 Å². The third kappa shape index (κ3) is 5.32. The van der Waals surface area contributed by atoms with E-state index in [0.717, 1.165) is 22.6 Å². The molecule has 0 bridgehead atoms. The maximum absolute atomic E-state index is 12.8. The monoisotopic (exact) mass is 477 g/mol. The number of rotatable bonds is 9. The molecule has 2 aromatic heterocycles. The second kappa shape index (κ2) is 10.5. The largest absolute Gasteiger partial charge is 0.497 e. The molecule has 33 heavy (non-hydrogen) atoms. The Labute approximate surface area is 200 Å². The number of amides is 1. The van der Waals surface area contributed by atoms with Gasteiger partial charge in [-0.25, -0.2) is 4.98 Å². The molecule has 0 saturated heterocycles. The average molecular weight is 478 g/mol. The molecule has 0 saturated carbocycles. The Hall–Kier alpha value is -3.43. The van der Waals surface area contributed by atoms with Gasteiger partial charge in [-0.3, -0.25) is 9.36 Å². The van der Waals surface area contributed by atoms with Crippen molar-refractivity contribution in [1.82, 2.24) is 19.7 Å². The van der Waals surface area contributed by atoms with Gasteiger partial charge in [0.1, 0.15) is 5.75 Å². The smallest absolute Gasteiger partial charge is 0.239 e. The number of aromatic nitrogens is 4. The van der Waals surface area contributed by atoms with Gasteiger partial charge in [0.2, 0.25) is 5.91 Å². The van der Waals surface area contributed by atoms with Gasteiger partial charge in [0.05, 0.1) is 18.1 Å². The number of carbonyl (C=O) groups is 1. The van der Waals surface area contributed by atoms with Crippen LogP contribution in [0.3, 0.4) is 0 Å². The summed E-state index contributed by atoms with van der Waals surface area (Å²) in [6, 6.07) is 17.5. The molecule has 0 spiro atoms. The summed E-state index contributed by atoms with van der Waals surface area (Å²) in [6.45, 7) is 6.21. The number of thiazole rings is 1. The van der Waals surface area contributed by atoms with E-state index in [1.807, 2.05) is 71.5 Å². The second-order valence-electron chi connectivity index (χ2n) is 7.09. The fourth-order valence-corrected chi connectivity index (χ4v) is 4.70. The topological polar surface area (TPSA) is 81.9 Å². The summed E-state index contributed by atoms with van der Waals surface area (Å²) < 4.78 is 7.18. The summed E-state index contributed by atoms with van der Waals surface area (Å²) in [5, 5.41) is 14.3. The Kier molecular flexibility index (Phi) is 7.21. The molecule has 9 heteroatoms. The van der Waals surface area contributed by atoms with Gasteiger partial charge < -0.3 is 10.1 Å². The highest BCUT2D eigenvalue weighted by Gasteiger charge is 2.21. The molecular weight excluding hydrogens is 454 g/mol. The van der Waals surface area contributed by atoms with Crippen LogP contribution < -0.4 is 10.1 Å². The summed E-state index contributed by atoms with van der Waals surface area (Å²) in [5.74, 6) is 1.33. The zero-order valence-electron chi connectivity index (χ0n) is 18.3. The van der Waals surface area contributed by atoms with E-state index in [0.29, 0.717) is 22.7 Å². The van der Waals surface area contributed by atoms with E-state index in [2.05, 4.69) is 27.1 Å². The van der Waals surface area contributed by atoms with Crippen molar-refractivity contribution in [3.63, 3.8) is 0 Å². The molecule has 168 valence electrons. The van der Waals surface area contributed by atoms with E-state index < -0.39 is 5.25 Å². The molecule has 0 aliphatic rings. The van der Waals surface area contributed by atoms with Gasteiger partial charge in [-0.05, 0) is 31.2 Å². The van der Waals surface area contributed by atoms with Crippen molar-refractivity contribution in [3.05, 3.63) is 72.6 Å². The first-order valence-corrected chi connectivity index (χ1v) is 12.0. The normalized spacial score (nSPS) is 11.7. The lowest BCUT2D eigenvalue weighted by Gasteiger charge is -2.12. The van der Waals surface area contributed by atoms with Crippen LogP contribution in [0, 0.1) is 0 Å². The van der Waals surface area contributed by atoms with Crippen molar-refractivity contribution < 1.29 is 9.53 Å². The van der Waals surface area contributed by atoms with Crippen LogP contribution in [-0.2, 0) is 11.3 Å². The van der Waals surface area contributed by atoms with Gasteiger partial charge >= 0.3 is 0 Å². The number of methoxy groups -OCH3 is 1. The maximum Gasteiger partial charge on any atom is 0.239 e. The number of benzene rings is 2. The van der Waals surface area contributed by atoms with Crippen molar-refractivity contribution >= 4 is 34.1 Å². The van der Waals surface area contributed by atoms with E-state index in [1.165, 1.54) is 23.1 Å². The Morgan fingerprint density at radius 3 is 2.64 bits per heavy atom. The molecule has 1 amide bonds. The van der Waals surface area contributed by atoms with Crippen LogP contribution in [-0.4, -0.2) is 38.0 Å². The number of nitrogens with zero attached hydrogens (tertiary/aromatic N) is 4. The van der Waals surface area contributed by atoms with Gasteiger partial charge in [-0.2, -0.15) is 0 Å². The molecule has 1 atom stereocenters. The van der Waals surface area contributed by atoms with Crippen molar-refractivity contribution in [1.29, 1.82) is 0 Å². The predicted octanol–water partition coefficient (Wildman–Crippen LogP) is 5.38. The van der Waals surface area contributed by atoms with Crippen molar-refractivity contribution in [2.45, 2.75) is 23.9 Å². The standard InChI is InChI=1S/C24H23N5O2S2/c1-4-14-29-21(18-10-12-19(31-3)13-11-18)27-28-24(29)33-16(2)22(30)26-23-25-20(15-32-23)17-8-6-5-7-9-17/h4-13,15-16H,1,14H2,2-3H3,(H,25,26,30). The Morgan fingerprint density at radius 1 is 1.18 bits per heavy atom. The molecule has 4 aromatic rings. The maximum atomic E-state index is 12.8. The molecule has 1 unspecified atom stereocenters. The molecule has 0 radical (unpaired) electrons. The number of allylic oxidation sites excluding steroid dienone is 1. The molecule has 2 heterocycles. The Balaban J connectivity index is 1.47. The Bertz CT molecular complexity index is 1240. The van der Waals surface area contributed by atoms with Gasteiger partial charge in [-0.15, -0.1) is 28.1 Å². The number of carbonyl (C=O) groups excluding carboxylic acids is 1. The summed E-state index contributed by atoms with van der Waals surface area (Å²) in [7, 11) is 1.63. The zero-order valence-corrected chi connectivity index (χ0v) is 19.9. The first kappa shape index (κ1) is 22.8. The van der Waals surface area contributed by atoms with E-state index >= 15 is 0 Å². The molecule has 0 aliphatic carbocycles. The quantitative estimate of drug-likeness (QED) is 0.257.